The molecule has 29 heavy (non-hydrogen) atoms. The molecule has 0 saturated heterocycles. The molecule has 1 aliphatic rings. The van der Waals surface area contributed by atoms with E-state index in [1.165, 1.54) is 6.07 Å². The van der Waals surface area contributed by atoms with E-state index in [-0.39, 0.29) is 17.8 Å². The SMILES string of the molecule is CN(Cc1ccco1)C(=O)c1nn(C)c2c1CC(NCc1ccccc1F)CC2. The van der Waals surface area contributed by atoms with E-state index < -0.39 is 0 Å². The van der Waals surface area contributed by atoms with Crippen molar-refractivity contribution in [3.8, 4) is 0 Å². The minimum absolute atomic E-state index is 0.118. The third-order valence-electron chi connectivity index (χ3n) is 5.52. The maximum absolute atomic E-state index is 13.9. The fraction of sp³-hybridized carbons (Fsp3) is 0.364. The summed E-state index contributed by atoms with van der Waals surface area (Å²) >= 11 is 0. The average Bonchev–Trinajstić information content (AvgIpc) is 3.34. The van der Waals surface area contributed by atoms with Crippen LogP contribution in [-0.2, 0) is 33.0 Å². The fourth-order valence-corrected chi connectivity index (χ4v) is 3.92. The Morgan fingerprint density at radius 2 is 2.17 bits per heavy atom. The molecule has 4 rings (SSSR count). The van der Waals surface area contributed by atoms with Crippen LogP contribution in [0.2, 0.25) is 0 Å². The van der Waals surface area contributed by atoms with Gasteiger partial charge in [0.15, 0.2) is 5.69 Å². The topological polar surface area (TPSA) is 63.3 Å². The van der Waals surface area contributed by atoms with Gasteiger partial charge in [0.25, 0.3) is 5.91 Å². The van der Waals surface area contributed by atoms with Gasteiger partial charge in [-0.05, 0) is 37.5 Å². The number of fused-ring (bicyclic) bond motifs is 1. The molecule has 3 aromatic rings. The molecule has 152 valence electrons. The summed E-state index contributed by atoms with van der Waals surface area (Å²) in [6.45, 7) is 0.862. The van der Waals surface area contributed by atoms with Crippen LogP contribution in [0.4, 0.5) is 4.39 Å². The first-order valence-electron chi connectivity index (χ1n) is 9.82. The highest BCUT2D eigenvalue weighted by atomic mass is 19.1. The summed E-state index contributed by atoms with van der Waals surface area (Å²) in [7, 11) is 3.64. The molecule has 0 fully saturated rings. The van der Waals surface area contributed by atoms with E-state index in [0.717, 1.165) is 29.9 Å². The van der Waals surface area contributed by atoms with E-state index in [1.54, 1.807) is 30.3 Å². The van der Waals surface area contributed by atoms with Crippen LogP contribution in [0, 0.1) is 5.82 Å². The Morgan fingerprint density at radius 3 is 2.93 bits per heavy atom. The zero-order valence-electron chi connectivity index (χ0n) is 16.7. The highest BCUT2D eigenvalue weighted by molar-refractivity contribution is 5.94. The van der Waals surface area contributed by atoms with Crippen LogP contribution in [0.3, 0.4) is 0 Å². The lowest BCUT2D eigenvalue weighted by molar-refractivity contribution is 0.0767. The fourth-order valence-electron chi connectivity index (χ4n) is 3.92. The van der Waals surface area contributed by atoms with E-state index in [2.05, 4.69) is 10.4 Å². The zero-order chi connectivity index (χ0) is 20.4. The first kappa shape index (κ1) is 19.4. The summed E-state index contributed by atoms with van der Waals surface area (Å²) in [5.41, 5.74) is 3.23. The van der Waals surface area contributed by atoms with Gasteiger partial charge in [-0.2, -0.15) is 5.10 Å². The molecule has 1 aromatic carbocycles. The summed E-state index contributed by atoms with van der Waals surface area (Å²) in [6, 6.07) is 10.6. The number of amides is 1. The highest BCUT2D eigenvalue weighted by Gasteiger charge is 2.29. The smallest absolute Gasteiger partial charge is 0.274 e. The Kier molecular flexibility index (Phi) is 5.49. The van der Waals surface area contributed by atoms with Crippen molar-refractivity contribution in [3.63, 3.8) is 0 Å². The van der Waals surface area contributed by atoms with Gasteiger partial charge in [-0.15, -0.1) is 0 Å². The van der Waals surface area contributed by atoms with Crippen molar-refractivity contribution >= 4 is 5.91 Å². The largest absolute Gasteiger partial charge is 0.467 e. The molecule has 0 radical (unpaired) electrons. The lowest BCUT2D eigenvalue weighted by atomic mass is 9.91. The number of carbonyl (C=O) groups excluding carboxylic acids is 1. The Labute approximate surface area is 169 Å². The first-order valence-corrected chi connectivity index (χ1v) is 9.82. The molecule has 0 aliphatic heterocycles. The molecule has 2 heterocycles. The van der Waals surface area contributed by atoms with Crippen molar-refractivity contribution in [1.82, 2.24) is 20.0 Å². The van der Waals surface area contributed by atoms with E-state index in [1.807, 2.05) is 29.9 Å². The molecule has 1 atom stereocenters. The number of carbonyl (C=O) groups is 1. The van der Waals surface area contributed by atoms with Gasteiger partial charge in [0.1, 0.15) is 11.6 Å². The molecule has 0 bridgehead atoms. The molecular formula is C22H25FN4O2. The predicted octanol–water partition coefficient (Wildman–Crippen LogP) is 3.07. The molecule has 2 aromatic heterocycles. The van der Waals surface area contributed by atoms with Crippen molar-refractivity contribution in [2.24, 2.45) is 7.05 Å². The normalized spacial score (nSPS) is 15.9. The second kappa shape index (κ2) is 8.21. The standard InChI is InChI=1S/C22H25FN4O2/c1-26(14-17-7-5-11-29-17)22(28)21-18-12-16(9-10-20(18)27(2)25-21)24-13-15-6-3-4-8-19(15)23/h3-8,11,16,24H,9-10,12-14H2,1-2H3. The van der Waals surface area contributed by atoms with Gasteiger partial charge >= 0.3 is 0 Å². The third kappa shape index (κ3) is 4.10. The average molecular weight is 396 g/mol. The van der Waals surface area contributed by atoms with Crippen LogP contribution in [-0.4, -0.2) is 33.7 Å². The van der Waals surface area contributed by atoms with E-state index in [0.29, 0.717) is 30.8 Å². The second-order valence-electron chi connectivity index (χ2n) is 7.55. The molecule has 1 N–H and O–H groups in total. The molecule has 0 saturated carbocycles. The van der Waals surface area contributed by atoms with Crippen LogP contribution >= 0.6 is 0 Å². The molecule has 1 unspecified atom stereocenters. The summed E-state index contributed by atoms with van der Waals surface area (Å²) in [4.78, 5) is 14.6. The van der Waals surface area contributed by atoms with Crippen LogP contribution < -0.4 is 5.32 Å². The molecule has 0 spiro atoms. The van der Waals surface area contributed by atoms with Crippen molar-refractivity contribution in [2.45, 2.75) is 38.4 Å². The third-order valence-corrected chi connectivity index (χ3v) is 5.52. The van der Waals surface area contributed by atoms with Gasteiger partial charge in [0.2, 0.25) is 0 Å². The van der Waals surface area contributed by atoms with Crippen LogP contribution in [0.1, 0.15) is 39.5 Å². The second-order valence-corrected chi connectivity index (χ2v) is 7.55. The Balaban J connectivity index is 1.47. The summed E-state index contributed by atoms with van der Waals surface area (Å²) in [5, 5.41) is 7.96. The van der Waals surface area contributed by atoms with Gasteiger partial charge in [-0.1, -0.05) is 18.2 Å². The van der Waals surface area contributed by atoms with Gasteiger partial charge in [0, 0.05) is 43.5 Å². The number of aryl methyl sites for hydroxylation is 1. The number of nitrogens with one attached hydrogen (secondary N) is 1. The first-order chi connectivity index (χ1) is 14.0. The maximum Gasteiger partial charge on any atom is 0.274 e. The monoisotopic (exact) mass is 396 g/mol. The Morgan fingerprint density at radius 1 is 1.34 bits per heavy atom. The summed E-state index contributed by atoms with van der Waals surface area (Å²) in [5.74, 6) is 0.413. The van der Waals surface area contributed by atoms with Crippen LogP contribution in [0.25, 0.3) is 0 Å². The van der Waals surface area contributed by atoms with Crippen molar-refractivity contribution in [2.75, 3.05) is 7.05 Å². The number of hydrogen-bond donors (Lipinski definition) is 1. The quantitative estimate of drug-likeness (QED) is 0.696. The van der Waals surface area contributed by atoms with Crippen LogP contribution in [0.15, 0.2) is 47.1 Å². The Bertz CT molecular complexity index is 996. The molecule has 1 amide bonds. The van der Waals surface area contributed by atoms with Gasteiger partial charge in [-0.3, -0.25) is 9.48 Å². The maximum atomic E-state index is 13.9. The minimum atomic E-state index is -0.201. The number of hydrogen-bond acceptors (Lipinski definition) is 4. The van der Waals surface area contributed by atoms with Crippen molar-refractivity contribution in [3.05, 3.63) is 76.8 Å². The zero-order valence-corrected chi connectivity index (χ0v) is 16.7. The van der Waals surface area contributed by atoms with Gasteiger partial charge < -0.3 is 14.6 Å². The van der Waals surface area contributed by atoms with Crippen molar-refractivity contribution < 1.29 is 13.6 Å². The van der Waals surface area contributed by atoms with E-state index in [9.17, 15) is 9.18 Å². The molecule has 1 aliphatic carbocycles. The van der Waals surface area contributed by atoms with E-state index >= 15 is 0 Å². The summed E-state index contributed by atoms with van der Waals surface area (Å²) in [6.07, 6.45) is 4.06. The Hall–Kier alpha value is -2.93. The number of rotatable bonds is 6. The molecule has 7 heteroatoms. The van der Waals surface area contributed by atoms with Crippen molar-refractivity contribution in [1.29, 1.82) is 0 Å². The summed E-state index contributed by atoms with van der Waals surface area (Å²) < 4.78 is 21.1. The number of nitrogens with zero attached hydrogens (tertiary/aromatic N) is 3. The number of halogens is 1. The number of furan rings is 1. The van der Waals surface area contributed by atoms with Gasteiger partial charge in [0.05, 0.1) is 12.8 Å². The van der Waals surface area contributed by atoms with Gasteiger partial charge in [-0.25, -0.2) is 4.39 Å². The van der Waals surface area contributed by atoms with Crippen LogP contribution in [0.5, 0.6) is 0 Å². The lowest BCUT2D eigenvalue weighted by Crippen LogP contribution is -2.35. The predicted molar refractivity (Wildman–Crippen MR) is 107 cm³/mol. The lowest BCUT2D eigenvalue weighted by Gasteiger charge is -2.25. The number of benzene rings is 1. The number of aromatic nitrogens is 2. The van der Waals surface area contributed by atoms with E-state index in [4.69, 9.17) is 4.42 Å². The molecule has 6 nitrogen and oxygen atoms in total. The minimum Gasteiger partial charge on any atom is -0.467 e. The molecular weight excluding hydrogens is 371 g/mol. The highest BCUT2D eigenvalue weighted by Crippen LogP contribution is 2.26.